The first kappa shape index (κ1) is 13.1. The van der Waals surface area contributed by atoms with Crippen LogP contribution in [0.25, 0.3) is 6.08 Å². The van der Waals surface area contributed by atoms with E-state index in [0.29, 0.717) is 11.7 Å². The summed E-state index contributed by atoms with van der Waals surface area (Å²) in [6.45, 7) is 3.22. The van der Waals surface area contributed by atoms with Gasteiger partial charge in [-0.3, -0.25) is 9.48 Å². The molecule has 0 radical (unpaired) electrons. The molecule has 1 saturated heterocycles. The molecule has 18 heavy (non-hydrogen) atoms. The van der Waals surface area contributed by atoms with E-state index in [1.54, 1.807) is 22.7 Å². The molecule has 1 aliphatic heterocycles. The molecule has 2 heterocycles. The van der Waals surface area contributed by atoms with E-state index in [1.807, 2.05) is 6.92 Å². The number of rotatable bonds is 2. The largest absolute Gasteiger partial charge is 0.338 e. The summed E-state index contributed by atoms with van der Waals surface area (Å²) in [7, 11) is 1.77. The number of nitrogens with two attached hydrogens (primary N) is 1. The highest BCUT2D eigenvalue weighted by atomic mass is 35.5. The van der Waals surface area contributed by atoms with Crippen molar-refractivity contribution in [2.24, 2.45) is 12.8 Å². The molecule has 1 aromatic rings. The molecule has 0 aliphatic carbocycles. The summed E-state index contributed by atoms with van der Waals surface area (Å²) in [6, 6.07) is 0.103. The second kappa shape index (κ2) is 5.12. The minimum absolute atomic E-state index is 0.0257. The van der Waals surface area contributed by atoms with E-state index in [9.17, 15) is 4.79 Å². The Morgan fingerprint density at radius 3 is 2.83 bits per heavy atom. The molecule has 6 heteroatoms. The van der Waals surface area contributed by atoms with E-state index in [0.717, 1.165) is 24.2 Å². The molecule has 0 bridgehead atoms. The van der Waals surface area contributed by atoms with Crippen molar-refractivity contribution in [3.05, 3.63) is 22.5 Å². The van der Waals surface area contributed by atoms with Gasteiger partial charge >= 0.3 is 0 Å². The van der Waals surface area contributed by atoms with Crippen molar-refractivity contribution in [2.75, 3.05) is 13.1 Å². The predicted molar refractivity (Wildman–Crippen MR) is 71.2 cm³/mol. The maximum absolute atomic E-state index is 11.9. The number of aryl methyl sites for hydroxylation is 2. The van der Waals surface area contributed by atoms with Crippen molar-refractivity contribution >= 4 is 23.6 Å². The molecule has 1 aliphatic rings. The van der Waals surface area contributed by atoms with E-state index >= 15 is 0 Å². The minimum atomic E-state index is -0.0257. The number of halogens is 1. The maximum Gasteiger partial charge on any atom is 0.246 e. The molecule has 0 aromatic carbocycles. The van der Waals surface area contributed by atoms with Gasteiger partial charge < -0.3 is 10.6 Å². The van der Waals surface area contributed by atoms with Crippen LogP contribution in [0.1, 0.15) is 17.7 Å². The molecule has 1 amide bonds. The van der Waals surface area contributed by atoms with Crippen LogP contribution >= 0.6 is 11.6 Å². The average Bonchev–Trinajstić information content (AvgIpc) is 2.83. The highest BCUT2D eigenvalue weighted by Crippen LogP contribution is 2.20. The van der Waals surface area contributed by atoms with Gasteiger partial charge in [-0.05, 0) is 19.4 Å². The van der Waals surface area contributed by atoms with Crippen molar-refractivity contribution in [2.45, 2.75) is 19.4 Å². The molecule has 1 atom stereocenters. The van der Waals surface area contributed by atoms with Crippen molar-refractivity contribution in [3.63, 3.8) is 0 Å². The van der Waals surface area contributed by atoms with Gasteiger partial charge in [-0.15, -0.1) is 0 Å². The molecule has 5 nitrogen and oxygen atoms in total. The molecular weight excluding hydrogens is 252 g/mol. The first-order valence-electron chi connectivity index (χ1n) is 5.90. The highest BCUT2D eigenvalue weighted by molar-refractivity contribution is 6.31. The molecule has 98 valence electrons. The van der Waals surface area contributed by atoms with Crippen molar-refractivity contribution < 1.29 is 4.79 Å². The van der Waals surface area contributed by atoms with Crippen LogP contribution in [-0.4, -0.2) is 39.7 Å². The molecule has 2 rings (SSSR count). The fourth-order valence-corrected chi connectivity index (χ4v) is 2.32. The van der Waals surface area contributed by atoms with Crippen molar-refractivity contribution in [1.29, 1.82) is 0 Å². The van der Waals surface area contributed by atoms with E-state index in [2.05, 4.69) is 5.10 Å². The number of amides is 1. The van der Waals surface area contributed by atoms with E-state index < -0.39 is 0 Å². The lowest BCUT2D eigenvalue weighted by Crippen LogP contribution is -2.30. The number of carbonyl (C=O) groups is 1. The van der Waals surface area contributed by atoms with Gasteiger partial charge in [-0.2, -0.15) is 5.10 Å². The topological polar surface area (TPSA) is 64.2 Å². The zero-order chi connectivity index (χ0) is 13.3. The fraction of sp³-hybridized carbons (Fsp3) is 0.500. The fourth-order valence-electron chi connectivity index (χ4n) is 2.08. The SMILES string of the molecule is Cc1nn(C)c(Cl)c1/C=C/C(=O)N1CC[C@H](N)C1. The van der Waals surface area contributed by atoms with Crippen LogP contribution in [0.4, 0.5) is 0 Å². The minimum Gasteiger partial charge on any atom is -0.338 e. The average molecular weight is 269 g/mol. The summed E-state index contributed by atoms with van der Waals surface area (Å²) in [5.41, 5.74) is 7.37. The third-order valence-corrected chi connectivity index (χ3v) is 3.57. The van der Waals surface area contributed by atoms with Gasteiger partial charge in [-0.25, -0.2) is 0 Å². The lowest BCUT2D eigenvalue weighted by Gasteiger charge is -2.12. The Morgan fingerprint density at radius 2 is 2.33 bits per heavy atom. The molecule has 2 N–H and O–H groups in total. The van der Waals surface area contributed by atoms with Gasteiger partial charge in [0, 0.05) is 37.8 Å². The number of hydrogen-bond donors (Lipinski definition) is 1. The Morgan fingerprint density at radius 1 is 1.61 bits per heavy atom. The molecular formula is C12H17ClN4O. The zero-order valence-electron chi connectivity index (χ0n) is 10.6. The number of likely N-dealkylation sites (tertiary alicyclic amines) is 1. The van der Waals surface area contributed by atoms with Gasteiger partial charge in [0.25, 0.3) is 0 Å². The summed E-state index contributed by atoms with van der Waals surface area (Å²) in [4.78, 5) is 13.7. The molecule has 1 fully saturated rings. The van der Waals surface area contributed by atoms with Gasteiger partial charge in [-0.1, -0.05) is 11.6 Å². The van der Waals surface area contributed by atoms with Crippen LogP contribution in [0.3, 0.4) is 0 Å². The van der Waals surface area contributed by atoms with Crippen molar-refractivity contribution in [3.8, 4) is 0 Å². The molecule has 1 aromatic heterocycles. The number of aromatic nitrogens is 2. The normalized spacial score (nSPS) is 20.0. The number of nitrogens with zero attached hydrogens (tertiary/aromatic N) is 3. The Kier molecular flexibility index (Phi) is 3.73. The van der Waals surface area contributed by atoms with Crippen LogP contribution in [0.2, 0.25) is 5.15 Å². The van der Waals surface area contributed by atoms with Crippen molar-refractivity contribution in [1.82, 2.24) is 14.7 Å². The second-order valence-corrected chi connectivity index (χ2v) is 4.94. The standard InChI is InChI=1S/C12H17ClN4O/c1-8-10(12(13)16(2)15-8)3-4-11(18)17-6-5-9(14)7-17/h3-4,9H,5-7,14H2,1-2H3/b4-3+/t9-/m0/s1. The Hall–Kier alpha value is -1.33. The van der Waals surface area contributed by atoms with Crippen LogP contribution in [0, 0.1) is 6.92 Å². The molecule has 0 unspecified atom stereocenters. The van der Waals surface area contributed by atoms with Crippen LogP contribution in [0.15, 0.2) is 6.08 Å². The van der Waals surface area contributed by atoms with Crippen LogP contribution in [-0.2, 0) is 11.8 Å². The summed E-state index contributed by atoms with van der Waals surface area (Å²) < 4.78 is 1.59. The lowest BCUT2D eigenvalue weighted by atomic mass is 10.2. The second-order valence-electron chi connectivity index (χ2n) is 4.58. The lowest BCUT2D eigenvalue weighted by molar-refractivity contribution is -0.124. The monoisotopic (exact) mass is 268 g/mol. The third kappa shape index (κ3) is 2.57. The number of hydrogen-bond acceptors (Lipinski definition) is 3. The van der Waals surface area contributed by atoms with E-state index in [4.69, 9.17) is 17.3 Å². The van der Waals surface area contributed by atoms with Crippen LogP contribution in [0.5, 0.6) is 0 Å². The smallest absolute Gasteiger partial charge is 0.246 e. The highest BCUT2D eigenvalue weighted by Gasteiger charge is 2.21. The Balaban J connectivity index is 2.09. The van der Waals surface area contributed by atoms with Crippen LogP contribution < -0.4 is 5.73 Å². The van der Waals surface area contributed by atoms with E-state index in [-0.39, 0.29) is 11.9 Å². The Bertz CT molecular complexity index is 495. The third-order valence-electron chi connectivity index (χ3n) is 3.13. The van der Waals surface area contributed by atoms with Gasteiger partial charge in [0.1, 0.15) is 5.15 Å². The van der Waals surface area contributed by atoms with Gasteiger partial charge in [0.15, 0.2) is 0 Å². The predicted octanol–water partition coefficient (Wildman–Crippen LogP) is 0.955. The summed E-state index contributed by atoms with van der Waals surface area (Å²) in [5.74, 6) is -0.0257. The number of carbonyl (C=O) groups excluding carboxylic acids is 1. The quantitative estimate of drug-likeness (QED) is 0.813. The summed E-state index contributed by atoms with van der Waals surface area (Å²) in [5, 5.41) is 4.72. The summed E-state index contributed by atoms with van der Waals surface area (Å²) in [6.07, 6.45) is 4.12. The first-order valence-corrected chi connectivity index (χ1v) is 6.28. The zero-order valence-corrected chi connectivity index (χ0v) is 11.3. The molecule has 0 saturated carbocycles. The molecule has 0 spiro atoms. The Labute approximate surface area is 111 Å². The summed E-state index contributed by atoms with van der Waals surface area (Å²) >= 11 is 6.08. The van der Waals surface area contributed by atoms with E-state index in [1.165, 1.54) is 6.08 Å². The van der Waals surface area contributed by atoms with Gasteiger partial charge in [0.2, 0.25) is 5.91 Å². The first-order chi connectivity index (χ1) is 8.49. The van der Waals surface area contributed by atoms with Gasteiger partial charge in [0.05, 0.1) is 5.69 Å². The maximum atomic E-state index is 11.9.